The molecule has 1 N–H and O–H groups in total. The minimum atomic E-state index is -5.06. The van der Waals surface area contributed by atoms with Crippen LogP contribution in [0.4, 0.5) is 13.2 Å². The quantitative estimate of drug-likeness (QED) is 0.465. The molecule has 0 radical (unpaired) electrons. The highest BCUT2D eigenvalue weighted by Crippen LogP contribution is 2.25. The van der Waals surface area contributed by atoms with Crippen molar-refractivity contribution in [3.8, 4) is 0 Å². The van der Waals surface area contributed by atoms with Gasteiger partial charge in [0.25, 0.3) is 10.1 Å². The lowest BCUT2D eigenvalue weighted by Gasteiger charge is -2.20. The predicted octanol–water partition coefficient (Wildman–Crippen LogP) is 1.52. The topological polar surface area (TPSA) is 80.7 Å². The average molecular weight is 343 g/mol. The first kappa shape index (κ1) is 16.6. The number of hydrogen-bond acceptors (Lipinski definition) is 4. The Labute approximate surface area is 104 Å². The molecule has 2 atom stereocenters. The summed E-state index contributed by atoms with van der Waals surface area (Å²) in [4.78, 5) is 10.1. The monoisotopic (exact) mass is 342 g/mol. The SMILES string of the molecule is CCC(Br)C(=O)OC(CS(=O)(=O)O)C(F)(F)F. The molecule has 17 heavy (non-hydrogen) atoms. The zero-order valence-electron chi connectivity index (χ0n) is 8.57. The highest BCUT2D eigenvalue weighted by molar-refractivity contribution is 9.10. The molecule has 2 unspecified atom stereocenters. The first-order chi connectivity index (χ1) is 7.47. The van der Waals surface area contributed by atoms with Crippen LogP contribution in [0.5, 0.6) is 0 Å². The molecule has 0 amide bonds. The third-order valence-corrected chi connectivity index (χ3v) is 3.34. The molecule has 102 valence electrons. The van der Waals surface area contributed by atoms with Crippen LogP contribution in [0, 0.1) is 0 Å². The van der Waals surface area contributed by atoms with E-state index in [0.717, 1.165) is 0 Å². The molecule has 0 fully saturated rings. The van der Waals surface area contributed by atoms with Gasteiger partial charge in [0.1, 0.15) is 10.6 Å². The summed E-state index contributed by atoms with van der Waals surface area (Å²) in [5.41, 5.74) is 0. The van der Waals surface area contributed by atoms with E-state index in [1.807, 2.05) is 0 Å². The second-order valence-corrected chi connectivity index (χ2v) is 5.69. The van der Waals surface area contributed by atoms with E-state index in [-0.39, 0.29) is 6.42 Å². The number of alkyl halides is 4. The molecule has 0 spiro atoms. The van der Waals surface area contributed by atoms with Crippen molar-refractivity contribution in [2.75, 3.05) is 5.75 Å². The Kier molecular flexibility index (Phi) is 5.88. The standard InChI is InChI=1S/C7H10BrF3O5S/c1-2-4(8)6(12)16-5(7(9,10)11)3-17(13,14)15/h4-5H,2-3H2,1H3,(H,13,14,15). The zero-order valence-corrected chi connectivity index (χ0v) is 11.0. The Hall–Kier alpha value is -0.350. The van der Waals surface area contributed by atoms with Gasteiger partial charge >= 0.3 is 12.1 Å². The van der Waals surface area contributed by atoms with Crippen LogP contribution in [0.1, 0.15) is 13.3 Å². The summed E-state index contributed by atoms with van der Waals surface area (Å²) in [6, 6.07) is 0. The molecule has 10 heteroatoms. The van der Waals surface area contributed by atoms with E-state index >= 15 is 0 Å². The van der Waals surface area contributed by atoms with E-state index < -0.39 is 38.9 Å². The Balaban J connectivity index is 4.80. The second kappa shape index (κ2) is 6.01. The van der Waals surface area contributed by atoms with Crippen LogP contribution < -0.4 is 0 Å². The van der Waals surface area contributed by atoms with Crippen LogP contribution >= 0.6 is 15.9 Å². The molecule has 0 aliphatic heterocycles. The van der Waals surface area contributed by atoms with E-state index in [2.05, 4.69) is 20.7 Å². The lowest BCUT2D eigenvalue weighted by Crippen LogP contribution is -2.40. The maximum absolute atomic E-state index is 12.3. The molecule has 0 aromatic carbocycles. The highest BCUT2D eigenvalue weighted by atomic mass is 79.9. The molecule has 5 nitrogen and oxygen atoms in total. The van der Waals surface area contributed by atoms with E-state index in [1.54, 1.807) is 0 Å². The fourth-order valence-electron chi connectivity index (χ4n) is 0.767. The zero-order chi connectivity index (χ0) is 13.9. The molecular formula is C7H10BrF3O5S. The van der Waals surface area contributed by atoms with Gasteiger partial charge in [0.15, 0.2) is 0 Å². The Morgan fingerprint density at radius 1 is 1.47 bits per heavy atom. The summed E-state index contributed by atoms with van der Waals surface area (Å²) in [5, 5.41) is 0. The van der Waals surface area contributed by atoms with Gasteiger partial charge in [-0.3, -0.25) is 9.35 Å². The van der Waals surface area contributed by atoms with Crippen LogP contribution in [0.3, 0.4) is 0 Å². The van der Waals surface area contributed by atoms with Gasteiger partial charge in [0.05, 0.1) is 0 Å². The molecule has 0 aliphatic rings. The van der Waals surface area contributed by atoms with Crippen molar-refractivity contribution in [2.24, 2.45) is 0 Å². The maximum Gasteiger partial charge on any atom is 0.426 e. The van der Waals surface area contributed by atoms with Crippen molar-refractivity contribution in [1.29, 1.82) is 0 Å². The summed E-state index contributed by atoms with van der Waals surface area (Å²) in [5.74, 6) is -2.95. The van der Waals surface area contributed by atoms with Crippen molar-refractivity contribution in [1.82, 2.24) is 0 Å². The molecule has 0 aromatic heterocycles. The van der Waals surface area contributed by atoms with E-state index in [4.69, 9.17) is 4.55 Å². The first-order valence-corrected chi connectivity index (χ1v) is 6.86. The second-order valence-electron chi connectivity index (χ2n) is 3.09. The lowest BCUT2D eigenvalue weighted by atomic mass is 10.3. The number of ether oxygens (including phenoxy) is 1. The first-order valence-electron chi connectivity index (χ1n) is 4.33. The van der Waals surface area contributed by atoms with Crippen molar-refractivity contribution < 1.29 is 35.7 Å². The largest absolute Gasteiger partial charge is 0.451 e. The normalized spacial score (nSPS) is 16.4. The van der Waals surface area contributed by atoms with Gasteiger partial charge < -0.3 is 4.74 Å². The molecule has 0 saturated heterocycles. The Morgan fingerprint density at radius 3 is 2.24 bits per heavy atom. The number of esters is 1. The maximum atomic E-state index is 12.3. The third kappa shape index (κ3) is 6.84. The molecule has 0 heterocycles. The number of carbonyl (C=O) groups is 1. The Bertz CT molecular complexity index is 366. The molecular weight excluding hydrogens is 333 g/mol. The number of hydrogen-bond donors (Lipinski definition) is 1. The Morgan fingerprint density at radius 2 is 1.94 bits per heavy atom. The summed E-state index contributed by atoms with van der Waals surface area (Å²) in [6.45, 7) is 1.52. The van der Waals surface area contributed by atoms with Crippen LogP contribution in [-0.4, -0.2) is 41.8 Å². The van der Waals surface area contributed by atoms with Gasteiger partial charge in [-0.15, -0.1) is 0 Å². The molecule has 0 saturated carbocycles. The van der Waals surface area contributed by atoms with E-state index in [1.165, 1.54) is 6.92 Å². The minimum Gasteiger partial charge on any atom is -0.451 e. The number of halogens is 4. The fraction of sp³-hybridized carbons (Fsp3) is 0.857. The minimum absolute atomic E-state index is 0.176. The fourth-order valence-corrected chi connectivity index (χ4v) is 1.51. The summed E-state index contributed by atoms with van der Waals surface area (Å²) in [6.07, 6.45) is -7.77. The van der Waals surface area contributed by atoms with Gasteiger partial charge in [0.2, 0.25) is 6.10 Å². The van der Waals surface area contributed by atoms with Gasteiger partial charge in [0, 0.05) is 0 Å². The van der Waals surface area contributed by atoms with Gasteiger partial charge in [-0.1, -0.05) is 22.9 Å². The number of rotatable bonds is 5. The lowest BCUT2D eigenvalue weighted by molar-refractivity contribution is -0.214. The van der Waals surface area contributed by atoms with Crippen LogP contribution in [0.25, 0.3) is 0 Å². The molecule has 0 bridgehead atoms. The van der Waals surface area contributed by atoms with Gasteiger partial charge in [-0.25, -0.2) is 0 Å². The van der Waals surface area contributed by atoms with Gasteiger partial charge in [-0.2, -0.15) is 21.6 Å². The van der Waals surface area contributed by atoms with E-state index in [0.29, 0.717) is 0 Å². The van der Waals surface area contributed by atoms with Crippen molar-refractivity contribution in [3.63, 3.8) is 0 Å². The van der Waals surface area contributed by atoms with Crippen LogP contribution in [-0.2, 0) is 19.6 Å². The van der Waals surface area contributed by atoms with E-state index in [9.17, 15) is 26.4 Å². The molecule has 0 rings (SSSR count). The highest BCUT2D eigenvalue weighted by Gasteiger charge is 2.45. The molecule has 0 aliphatic carbocycles. The van der Waals surface area contributed by atoms with Crippen molar-refractivity contribution in [2.45, 2.75) is 30.5 Å². The number of carbonyl (C=O) groups excluding carboxylic acids is 1. The van der Waals surface area contributed by atoms with Crippen LogP contribution in [0.15, 0.2) is 0 Å². The third-order valence-electron chi connectivity index (χ3n) is 1.60. The van der Waals surface area contributed by atoms with Gasteiger partial charge in [-0.05, 0) is 6.42 Å². The smallest absolute Gasteiger partial charge is 0.426 e. The summed E-state index contributed by atoms with van der Waals surface area (Å²) < 4.78 is 70.0. The average Bonchev–Trinajstić information content (AvgIpc) is 2.11. The molecule has 0 aromatic rings. The predicted molar refractivity (Wildman–Crippen MR) is 55.4 cm³/mol. The van der Waals surface area contributed by atoms with Crippen molar-refractivity contribution in [3.05, 3.63) is 0 Å². The summed E-state index contributed by atoms with van der Waals surface area (Å²) >= 11 is 2.76. The summed E-state index contributed by atoms with van der Waals surface area (Å²) in [7, 11) is -4.90. The van der Waals surface area contributed by atoms with Crippen molar-refractivity contribution >= 4 is 32.0 Å². The van der Waals surface area contributed by atoms with Crippen LogP contribution in [0.2, 0.25) is 0 Å².